The molecule has 2 fully saturated rings. The number of fused-ring (bicyclic) bond motifs is 1. The molecular formula is C16H26O4. The second-order valence-corrected chi connectivity index (χ2v) is 6.26. The van der Waals surface area contributed by atoms with Crippen molar-refractivity contribution in [1.82, 2.24) is 0 Å². The highest BCUT2D eigenvalue weighted by Gasteiger charge is 2.63. The van der Waals surface area contributed by atoms with Gasteiger partial charge < -0.3 is 9.47 Å². The number of hydrogen-bond acceptors (Lipinski definition) is 4. The van der Waals surface area contributed by atoms with Crippen LogP contribution in [0.15, 0.2) is 0 Å². The van der Waals surface area contributed by atoms with Gasteiger partial charge in [-0.2, -0.15) is 0 Å². The van der Waals surface area contributed by atoms with Gasteiger partial charge in [0, 0.05) is 0 Å². The molecular weight excluding hydrogens is 256 g/mol. The maximum absolute atomic E-state index is 12.4. The molecule has 4 heteroatoms. The Bertz CT molecular complexity index is 361. The first-order valence-electron chi connectivity index (χ1n) is 7.78. The van der Waals surface area contributed by atoms with Crippen LogP contribution < -0.4 is 0 Å². The number of esters is 2. The molecule has 4 nitrogen and oxygen atoms in total. The van der Waals surface area contributed by atoms with Crippen LogP contribution in [0.2, 0.25) is 0 Å². The van der Waals surface area contributed by atoms with E-state index in [0.717, 1.165) is 32.1 Å². The minimum absolute atomic E-state index is 0.104. The molecule has 0 N–H and O–H groups in total. The highest BCUT2D eigenvalue weighted by atomic mass is 16.5. The minimum Gasteiger partial charge on any atom is -0.468 e. The van der Waals surface area contributed by atoms with Crippen molar-refractivity contribution in [3.8, 4) is 0 Å². The zero-order valence-corrected chi connectivity index (χ0v) is 12.8. The summed E-state index contributed by atoms with van der Waals surface area (Å²) in [7, 11) is 2.75. The monoisotopic (exact) mass is 282 g/mol. The van der Waals surface area contributed by atoms with Gasteiger partial charge in [0.25, 0.3) is 0 Å². The molecule has 0 aromatic heterocycles. The predicted molar refractivity (Wildman–Crippen MR) is 74.9 cm³/mol. The Hall–Kier alpha value is -1.06. The van der Waals surface area contributed by atoms with Crippen molar-refractivity contribution < 1.29 is 19.1 Å². The fourth-order valence-electron chi connectivity index (χ4n) is 4.66. The summed E-state index contributed by atoms with van der Waals surface area (Å²) in [5, 5.41) is 0. The van der Waals surface area contributed by atoms with Crippen LogP contribution in [-0.4, -0.2) is 26.2 Å². The smallest absolute Gasteiger partial charge is 0.323 e. The predicted octanol–water partition coefficient (Wildman–Crippen LogP) is 2.95. The normalized spacial score (nSPS) is 31.4. The van der Waals surface area contributed by atoms with E-state index in [4.69, 9.17) is 9.47 Å². The summed E-state index contributed by atoms with van der Waals surface area (Å²) in [6, 6.07) is 0. The quantitative estimate of drug-likeness (QED) is 0.587. The molecule has 0 amide bonds. The molecule has 2 rings (SSSR count). The van der Waals surface area contributed by atoms with E-state index in [9.17, 15) is 9.59 Å². The topological polar surface area (TPSA) is 52.6 Å². The zero-order chi connectivity index (χ0) is 14.8. The molecule has 0 radical (unpaired) electrons. The maximum atomic E-state index is 12.4. The Balaban J connectivity index is 2.39. The summed E-state index contributed by atoms with van der Waals surface area (Å²) in [5.41, 5.74) is -1.05. The van der Waals surface area contributed by atoms with Crippen LogP contribution in [0.4, 0.5) is 0 Å². The van der Waals surface area contributed by atoms with Crippen LogP contribution >= 0.6 is 0 Å². The zero-order valence-electron chi connectivity index (χ0n) is 12.8. The van der Waals surface area contributed by atoms with E-state index in [1.807, 2.05) is 0 Å². The van der Waals surface area contributed by atoms with E-state index in [0.29, 0.717) is 18.3 Å². The lowest BCUT2D eigenvalue weighted by Crippen LogP contribution is -2.46. The van der Waals surface area contributed by atoms with E-state index in [1.54, 1.807) is 0 Å². The maximum Gasteiger partial charge on any atom is 0.323 e. The van der Waals surface area contributed by atoms with E-state index in [2.05, 4.69) is 6.92 Å². The molecule has 0 aromatic rings. The van der Waals surface area contributed by atoms with Gasteiger partial charge in [0.1, 0.15) is 0 Å². The van der Waals surface area contributed by atoms with Crippen molar-refractivity contribution in [2.45, 2.75) is 51.9 Å². The van der Waals surface area contributed by atoms with Gasteiger partial charge >= 0.3 is 11.9 Å². The Morgan fingerprint density at radius 2 is 1.70 bits per heavy atom. The van der Waals surface area contributed by atoms with Crippen molar-refractivity contribution in [3.63, 3.8) is 0 Å². The van der Waals surface area contributed by atoms with Crippen LogP contribution in [0, 0.1) is 23.2 Å². The third-order valence-electron chi connectivity index (χ3n) is 5.40. The summed E-state index contributed by atoms with van der Waals surface area (Å²) in [4.78, 5) is 24.8. The lowest BCUT2D eigenvalue weighted by molar-refractivity contribution is -0.173. The first-order valence-corrected chi connectivity index (χ1v) is 7.78. The molecule has 3 atom stereocenters. The minimum atomic E-state index is -1.05. The standard InChI is InChI=1S/C16H26O4/c1-4-7-11-10-16(14(17)19-2,15(18)20-3)13-9-6-5-8-12(11)13/h11-13H,4-10H2,1-3H3/t11-,12?,13?/m0/s1. The fraction of sp³-hybridized carbons (Fsp3) is 0.875. The first kappa shape index (κ1) is 15.3. The molecule has 2 aliphatic rings. The second-order valence-electron chi connectivity index (χ2n) is 6.26. The largest absolute Gasteiger partial charge is 0.468 e. The third-order valence-corrected chi connectivity index (χ3v) is 5.40. The van der Waals surface area contributed by atoms with Gasteiger partial charge in [0.2, 0.25) is 0 Å². The molecule has 0 saturated heterocycles. The molecule has 0 bridgehead atoms. The van der Waals surface area contributed by atoms with Crippen LogP contribution in [0.1, 0.15) is 51.9 Å². The number of ether oxygens (including phenoxy) is 2. The van der Waals surface area contributed by atoms with Crippen LogP contribution in [0.5, 0.6) is 0 Å². The lowest BCUT2D eigenvalue weighted by atomic mass is 9.69. The summed E-state index contributed by atoms with van der Waals surface area (Å²) in [5.74, 6) is 0.248. The molecule has 0 heterocycles. The molecule has 0 spiro atoms. The van der Waals surface area contributed by atoms with E-state index >= 15 is 0 Å². The van der Waals surface area contributed by atoms with Gasteiger partial charge in [-0.25, -0.2) is 0 Å². The highest BCUT2D eigenvalue weighted by Crippen LogP contribution is 2.58. The molecule has 2 saturated carbocycles. The van der Waals surface area contributed by atoms with E-state index in [1.165, 1.54) is 20.6 Å². The SMILES string of the molecule is CCC[C@H]1CC(C(=O)OC)(C(=O)OC)C2CCCCC21. The van der Waals surface area contributed by atoms with E-state index < -0.39 is 5.41 Å². The Morgan fingerprint density at radius 3 is 2.25 bits per heavy atom. The van der Waals surface area contributed by atoms with Crippen LogP contribution in [0.3, 0.4) is 0 Å². The van der Waals surface area contributed by atoms with Crippen molar-refractivity contribution in [1.29, 1.82) is 0 Å². The van der Waals surface area contributed by atoms with Gasteiger partial charge in [-0.3, -0.25) is 9.59 Å². The van der Waals surface area contributed by atoms with Crippen molar-refractivity contribution in [3.05, 3.63) is 0 Å². The summed E-state index contributed by atoms with van der Waals surface area (Å²) in [6.07, 6.45) is 7.15. The third kappa shape index (κ3) is 2.23. The van der Waals surface area contributed by atoms with Crippen molar-refractivity contribution >= 4 is 11.9 Å². The highest BCUT2D eigenvalue weighted by molar-refractivity contribution is 6.01. The molecule has 114 valence electrons. The number of carbonyl (C=O) groups excluding carboxylic acids is 2. The van der Waals surface area contributed by atoms with Crippen LogP contribution in [0.25, 0.3) is 0 Å². The number of methoxy groups -OCH3 is 2. The number of carbonyl (C=O) groups is 2. The molecule has 2 unspecified atom stereocenters. The molecule has 0 aromatic carbocycles. The average molecular weight is 282 g/mol. The summed E-state index contributed by atoms with van der Waals surface area (Å²) < 4.78 is 9.99. The van der Waals surface area contributed by atoms with Crippen molar-refractivity contribution in [2.75, 3.05) is 14.2 Å². The fourth-order valence-corrected chi connectivity index (χ4v) is 4.66. The van der Waals surface area contributed by atoms with Gasteiger partial charge in [-0.15, -0.1) is 0 Å². The summed E-state index contributed by atoms with van der Waals surface area (Å²) >= 11 is 0. The Kier molecular flexibility index (Phi) is 4.71. The number of rotatable bonds is 4. The lowest BCUT2D eigenvalue weighted by Gasteiger charge is -2.35. The van der Waals surface area contributed by atoms with Gasteiger partial charge in [0.15, 0.2) is 5.41 Å². The molecule has 0 aliphatic heterocycles. The van der Waals surface area contributed by atoms with Gasteiger partial charge in [-0.1, -0.05) is 32.6 Å². The number of hydrogen-bond donors (Lipinski definition) is 0. The Labute approximate surface area is 121 Å². The second kappa shape index (κ2) is 6.15. The summed E-state index contributed by atoms with van der Waals surface area (Å²) in [6.45, 7) is 2.16. The van der Waals surface area contributed by atoms with Gasteiger partial charge in [-0.05, 0) is 37.0 Å². The van der Waals surface area contributed by atoms with Crippen molar-refractivity contribution in [2.24, 2.45) is 23.2 Å². The Morgan fingerprint density at radius 1 is 1.10 bits per heavy atom. The average Bonchev–Trinajstić information content (AvgIpc) is 2.82. The van der Waals surface area contributed by atoms with Gasteiger partial charge in [0.05, 0.1) is 14.2 Å². The molecule has 20 heavy (non-hydrogen) atoms. The molecule has 2 aliphatic carbocycles. The first-order chi connectivity index (χ1) is 9.61. The van der Waals surface area contributed by atoms with Crippen LogP contribution in [-0.2, 0) is 19.1 Å². The van der Waals surface area contributed by atoms with E-state index in [-0.39, 0.29) is 17.9 Å².